The van der Waals surface area contributed by atoms with E-state index in [1.54, 1.807) is 11.3 Å². The second kappa shape index (κ2) is 8.48. The van der Waals surface area contributed by atoms with Crippen LogP contribution in [-0.4, -0.2) is 29.8 Å². The number of carbonyl (C=O) groups is 2. The SMILES string of the molecule is Cc1ccccc1C(=O)Nc1sc2c(c1C(=O)N1CCCCC1)CCCCC2. The van der Waals surface area contributed by atoms with Crippen LogP contribution < -0.4 is 5.32 Å². The van der Waals surface area contributed by atoms with Crippen LogP contribution in [0, 0.1) is 6.92 Å². The third-order valence-corrected chi connectivity index (χ3v) is 7.10. The van der Waals surface area contributed by atoms with Crippen molar-refractivity contribution in [2.24, 2.45) is 0 Å². The maximum absolute atomic E-state index is 13.4. The summed E-state index contributed by atoms with van der Waals surface area (Å²) in [7, 11) is 0. The van der Waals surface area contributed by atoms with Gasteiger partial charge in [-0.15, -0.1) is 11.3 Å². The zero-order chi connectivity index (χ0) is 19.5. The first-order valence-corrected chi connectivity index (χ1v) is 11.3. The zero-order valence-corrected chi connectivity index (χ0v) is 17.4. The van der Waals surface area contributed by atoms with Gasteiger partial charge in [0.2, 0.25) is 0 Å². The number of benzene rings is 1. The van der Waals surface area contributed by atoms with E-state index < -0.39 is 0 Å². The molecule has 1 saturated heterocycles. The molecule has 4 nitrogen and oxygen atoms in total. The lowest BCUT2D eigenvalue weighted by Gasteiger charge is -2.27. The highest BCUT2D eigenvalue weighted by Crippen LogP contribution is 2.39. The molecule has 0 unspecified atom stereocenters. The van der Waals surface area contributed by atoms with E-state index in [-0.39, 0.29) is 11.8 Å². The van der Waals surface area contributed by atoms with Gasteiger partial charge in [0.1, 0.15) is 5.00 Å². The van der Waals surface area contributed by atoms with Crippen molar-refractivity contribution < 1.29 is 9.59 Å². The lowest BCUT2D eigenvalue weighted by molar-refractivity contribution is 0.0724. The van der Waals surface area contributed by atoms with Gasteiger partial charge in [0.25, 0.3) is 11.8 Å². The van der Waals surface area contributed by atoms with Crippen LogP contribution in [-0.2, 0) is 12.8 Å². The Kier molecular flexibility index (Phi) is 5.81. The number of aryl methyl sites for hydroxylation is 2. The summed E-state index contributed by atoms with van der Waals surface area (Å²) in [5.74, 6) is -0.0126. The van der Waals surface area contributed by atoms with Crippen LogP contribution in [0.2, 0.25) is 0 Å². The summed E-state index contributed by atoms with van der Waals surface area (Å²) in [5, 5.41) is 3.84. The maximum Gasteiger partial charge on any atom is 0.257 e. The Morgan fingerprint density at radius 2 is 1.68 bits per heavy atom. The van der Waals surface area contributed by atoms with Crippen LogP contribution in [0.15, 0.2) is 24.3 Å². The Morgan fingerprint density at radius 3 is 2.46 bits per heavy atom. The predicted molar refractivity (Wildman–Crippen MR) is 114 cm³/mol. The van der Waals surface area contributed by atoms with Crippen LogP contribution in [0.5, 0.6) is 0 Å². The number of piperidine rings is 1. The minimum Gasteiger partial charge on any atom is -0.339 e. The Balaban J connectivity index is 1.69. The molecule has 1 aromatic carbocycles. The summed E-state index contributed by atoms with van der Waals surface area (Å²) in [5.41, 5.74) is 3.58. The molecule has 2 aliphatic rings. The first kappa shape index (κ1) is 19.2. The molecule has 0 saturated carbocycles. The minimum atomic E-state index is -0.123. The number of thiophene rings is 1. The average Bonchev–Trinajstić information content (AvgIpc) is 2.88. The fourth-order valence-corrected chi connectivity index (χ4v) is 5.59. The molecule has 2 aromatic rings. The van der Waals surface area contributed by atoms with Gasteiger partial charge in [-0.1, -0.05) is 24.6 Å². The standard InChI is InChI=1S/C23H28N2O2S/c1-16-10-6-7-11-17(16)21(26)24-22-20(23(27)25-14-8-3-9-15-25)18-12-4-2-5-13-19(18)28-22/h6-7,10-11H,2-5,8-9,12-15H2,1H3,(H,24,26). The molecule has 28 heavy (non-hydrogen) atoms. The third-order valence-electron chi connectivity index (χ3n) is 5.90. The summed E-state index contributed by atoms with van der Waals surface area (Å²) in [6.07, 6.45) is 8.80. The highest BCUT2D eigenvalue weighted by Gasteiger charge is 2.29. The van der Waals surface area contributed by atoms with Crippen LogP contribution in [0.25, 0.3) is 0 Å². The summed E-state index contributed by atoms with van der Waals surface area (Å²) < 4.78 is 0. The second-order valence-electron chi connectivity index (χ2n) is 7.89. The van der Waals surface area contributed by atoms with E-state index in [0.29, 0.717) is 5.56 Å². The quantitative estimate of drug-likeness (QED) is 0.725. The number of hydrogen-bond donors (Lipinski definition) is 1. The number of carbonyl (C=O) groups excluding carboxylic acids is 2. The average molecular weight is 397 g/mol. The van der Waals surface area contributed by atoms with Crippen molar-refractivity contribution in [2.45, 2.75) is 58.3 Å². The van der Waals surface area contributed by atoms with E-state index in [2.05, 4.69) is 5.32 Å². The van der Waals surface area contributed by atoms with Gasteiger partial charge in [0, 0.05) is 23.5 Å². The normalized spacial score (nSPS) is 17.0. The van der Waals surface area contributed by atoms with E-state index in [0.717, 1.165) is 67.7 Å². The number of anilines is 1. The molecule has 0 atom stereocenters. The van der Waals surface area contributed by atoms with Crippen LogP contribution in [0.4, 0.5) is 5.00 Å². The molecule has 0 bridgehead atoms. The Morgan fingerprint density at radius 1 is 0.964 bits per heavy atom. The predicted octanol–water partition coefficient (Wildman–Crippen LogP) is 5.20. The topological polar surface area (TPSA) is 49.4 Å². The summed E-state index contributed by atoms with van der Waals surface area (Å²) in [6.45, 7) is 3.60. The molecule has 2 heterocycles. The lowest BCUT2D eigenvalue weighted by Crippen LogP contribution is -2.36. The number of nitrogens with one attached hydrogen (secondary N) is 1. The maximum atomic E-state index is 13.4. The van der Waals surface area contributed by atoms with Crippen molar-refractivity contribution in [2.75, 3.05) is 18.4 Å². The Hall–Kier alpha value is -2.14. The highest BCUT2D eigenvalue weighted by molar-refractivity contribution is 7.17. The van der Waals surface area contributed by atoms with Crippen LogP contribution in [0.1, 0.15) is 75.2 Å². The van der Waals surface area contributed by atoms with Crippen molar-refractivity contribution in [3.63, 3.8) is 0 Å². The molecule has 1 aliphatic heterocycles. The highest BCUT2D eigenvalue weighted by atomic mass is 32.1. The van der Waals surface area contributed by atoms with E-state index in [4.69, 9.17) is 0 Å². The molecule has 5 heteroatoms. The smallest absolute Gasteiger partial charge is 0.257 e. The summed E-state index contributed by atoms with van der Waals surface area (Å²) >= 11 is 1.62. The van der Waals surface area contributed by atoms with Gasteiger partial charge < -0.3 is 10.2 Å². The molecule has 1 aliphatic carbocycles. The van der Waals surface area contributed by atoms with Gasteiger partial charge in [-0.2, -0.15) is 0 Å². The fraction of sp³-hybridized carbons (Fsp3) is 0.478. The van der Waals surface area contributed by atoms with Crippen molar-refractivity contribution in [1.82, 2.24) is 4.90 Å². The van der Waals surface area contributed by atoms with Gasteiger partial charge in [-0.3, -0.25) is 9.59 Å². The lowest BCUT2D eigenvalue weighted by atomic mass is 10.0. The number of hydrogen-bond acceptors (Lipinski definition) is 3. The largest absolute Gasteiger partial charge is 0.339 e. The van der Waals surface area contributed by atoms with Gasteiger partial charge in [0.15, 0.2) is 0 Å². The minimum absolute atomic E-state index is 0.110. The van der Waals surface area contributed by atoms with Gasteiger partial charge in [-0.05, 0) is 69.1 Å². The first-order valence-electron chi connectivity index (χ1n) is 10.5. The Labute approximate surface area is 170 Å². The number of nitrogens with zero attached hydrogens (tertiary/aromatic N) is 1. The molecular formula is C23H28N2O2S. The molecule has 1 N–H and O–H groups in total. The second-order valence-corrected chi connectivity index (χ2v) is 9.00. The molecular weight excluding hydrogens is 368 g/mol. The fourth-order valence-electron chi connectivity index (χ4n) is 4.31. The first-order chi connectivity index (χ1) is 13.6. The van der Waals surface area contributed by atoms with Crippen molar-refractivity contribution in [3.05, 3.63) is 51.4 Å². The zero-order valence-electron chi connectivity index (χ0n) is 16.6. The monoisotopic (exact) mass is 396 g/mol. The molecule has 2 amide bonds. The van der Waals surface area contributed by atoms with Crippen LogP contribution in [0.3, 0.4) is 0 Å². The van der Waals surface area contributed by atoms with Crippen molar-refractivity contribution in [3.8, 4) is 0 Å². The molecule has 4 rings (SSSR count). The van der Waals surface area contributed by atoms with Gasteiger partial charge in [0.05, 0.1) is 5.56 Å². The molecule has 1 fully saturated rings. The van der Waals surface area contributed by atoms with Gasteiger partial charge >= 0.3 is 0 Å². The molecule has 148 valence electrons. The van der Waals surface area contributed by atoms with Crippen LogP contribution >= 0.6 is 11.3 Å². The van der Waals surface area contributed by atoms with Gasteiger partial charge in [-0.25, -0.2) is 0 Å². The summed E-state index contributed by atoms with van der Waals surface area (Å²) in [6, 6.07) is 7.60. The Bertz CT molecular complexity index is 881. The van der Waals surface area contributed by atoms with E-state index >= 15 is 0 Å². The van der Waals surface area contributed by atoms with E-state index in [9.17, 15) is 9.59 Å². The van der Waals surface area contributed by atoms with E-state index in [1.165, 1.54) is 23.3 Å². The number of fused-ring (bicyclic) bond motifs is 1. The van der Waals surface area contributed by atoms with Crippen molar-refractivity contribution in [1.29, 1.82) is 0 Å². The van der Waals surface area contributed by atoms with E-state index in [1.807, 2.05) is 36.1 Å². The number of rotatable bonds is 3. The number of amides is 2. The number of likely N-dealkylation sites (tertiary alicyclic amines) is 1. The van der Waals surface area contributed by atoms with Crippen molar-refractivity contribution >= 4 is 28.2 Å². The summed E-state index contributed by atoms with van der Waals surface area (Å²) in [4.78, 5) is 29.6. The third kappa shape index (κ3) is 3.86. The molecule has 0 radical (unpaired) electrons. The molecule has 0 spiro atoms. The molecule has 1 aromatic heterocycles.